The fraction of sp³-hybridized carbons (Fsp3) is 0.267. The molecular formula is C15H13ClN8. The van der Waals surface area contributed by atoms with Crippen molar-refractivity contribution in [1.29, 1.82) is 5.26 Å². The first kappa shape index (κ1) is 14.7. The molecule has 0 bridgehead atoms. The highest BCUT2D eigenvalue weighted by Gasteiger charge is 2.21. The van der Waals surface area contributed by atoms with Crippen LogP contribution in [0.25, 0.3) is 5.65 Å². The number of halogens is 1. The Morgan fingerprint density at radius 2 is 1.92 bits per heavy atom. The van der Waals surface area contributed by atoms with Crippen LogP contribution < -0.4 is 9.80 Å². The Morgan fingerprint density at radius 3 is 2.67 bits per heavy atom. The molecule has 24 heavy (non-hydrogen) atoms. The number of anilines is 2. The van der Waals surface area contributed by atoms with E-state index >= 15 is 0 Å². The van der Waals surface area contributed by atoms with Crippen LogP contribution in [0.15, 0.2) is 30.7 Å². The summed E-state index contributed by atoms with van der Waals surface area (Å²) < 4.78 is 1.67. The first-order valence-corrected chi connectivity index (χ1v) is 7.85. The summed E-state index contributed by atoms with van der Waals surface area (Å²) in [7, 11) is 0. The summed E-state index contributed by atoms with van der Waals surface area (Å²) in [6.45, 7) is 3.16. The largest absolute Gasteiger partial charge is 0.352 e. The molecule has 0 atom stereocenters. The van der Waals surface area contributed by atoms with Gasteiger partial charge in [0.1, 0.15) is 24.0 Å². The van der Waals surface area contributed by atoms with Crippen molar-refractivity contribution in [2.75, 3.05) is 36.0 Å². The van der Waals surface area contributed by atoms with Gasteiger partial charge < -0.3 is 9.80 Å². The van der Waals surface area contributed by atoms with E-state index in [4.69, 9.17) is 16.9 Å². The Bertz CT molecular complexity index is 923. The molecule has 0 spiro atoms. The molecule has 0 aromatic carbocycles. The molecule has 120 valence electrons. The van der Waals surface area contributed by atoms with Crippen molar-refractivity contribution < 1.29 is 0 Å². The zero-order chi connectivity index (χ0) is 16.5. The van der Waals surface area contributed by atoms with Gasteiger partial charge in [-0.2, -0.15) is 9.78 Å². The lowest BCUT2D eigenvalue weighted by atomic mass is 10.2. The van der Waals surface area contributed by atoms with E-state index in [9.17, 15) is 0 Å². The number of nitrogens with zero attached hydrogens (tertiary/aromatic N) is 8. The number of rotatable bonds is 2. The average Bonchev–Trinajstić information content (AvgIpc) is 3.09. The molecule has 9 heteroatoms. The van der Waals surface area contributed by atoms with Crippen molar-refractivity contribution >= 4 is 28.9 Å². The van der Waals surface area contributed by atoms with Crippen LogP contribution in [0.3, 0.4) is 0 Å². The fourth-order valence-electron chi connectivity index (χ4n) is 2.76. The van der Waals surface area contributed by atoms with Gasteiger partial charge in [-0.1, -0.05) is 11.6 Å². The van der Waals surface area contributed by atoms with Crippen LogP contribution in [0.2, 0.25) is 5.02 Å². The predicted molar refractivity (Wildman–Crippen MR) is 89.2 cm³/mol. The summed E-state index contributed by atoms with van der Waals surface area (Å²) in [6.07, 6.45) is 3.14. The monoisotopic (exact) mass is 340 g/mol. The average molecular weight is 341 g/mol. The number of hydrogen-bond donors (Lipinski definition) is 0. The highest BCUT2D eigenvalue weighted by Crippen LogP contribution is 2.25. The van der Waals surface area contributed by atoms with Crippen LogP contribution in [0.1, 0.15) is 5.56 Å². The van der Waals surface area contributed by atoms with Gasteiger partial charge in [0, 0.05) is 32.4 Å². The van der Waals surface area contributed by atoms with E-state index < -0.39 is 0 Å². The molecule has 0 unspecified atom stereocenters. The minimum Gasteiger partial charge on any atom is -0.352 e. The summed E-state index contributed by atoms with van der Waals surface area (Å²) in [6, 6.07) is 7.55. The summed E-state index contributed by atoms with van der Waals surface area (Å²) in [5.41, 5.74) is 1.19. The van der Waals surface area contributed by atoms with E-state index in [1.165, 1.54) is 0 Å². The molecule has 3 aromatic rings. The molecular weight excluding hydrogens is 328 g/mol. The fourth-order valence-corrected chi connectivity index (χ4v) is 3.04. The van der Waals surface area contributed by atoms with E-state index in [1.54, 1.807) is 23.1 Å². The Labute approximate surface area is 142 Å². The first-order valence-electron chi connectivity index (χ1n) is 7.47. The minimum atomic E-state index is 0.467. The predicted octanol–water partition coefficient (Wildman–Crippen LogP) is 1.37. The Kier molecular flexibility index (Phi) is 3.63. The van der Waals surface area contributed by atoms with Gasteiger partial charge in [-0.05, 0) is 18.2 Å². The van der Waals surface area contributed by atoms with Gasteiger partial charge >= 0.3 is 0 Å². The molecule has 1 fully saturated rings. The molecule has 1 aliphatic heterocycles. The van der Waals surface area contributed by atoms with Crippen LogP contribution in [0.5, 0.6) is 0 Å². The molecule has 8 nitrogen and oxygen atoms in total. The Balaban J connectivity index is 1.49. The zero-order valence-corrected chi connectivity index (χ0v) is 13.4. The summed E-state index contributed by atoms with van der Waals surface area (Å²) in [5, 5.41) is 21.7. The lowest BCUT2D eigenvalue weighted by Crippen LogP contribution is -2.47. The van der Waals surface area contributed by atoms with Gasteiger partial charge in [0.25, 0.3) is 0 Å². The van der Waals surface area contributed by atoms with Gasteiger partial charge in [0.05, 0.1) is 10.6 Å². The first-order chi connectivity index (χ1) is 11.7. The maximum atomic E-state index is 8.90. The lowest BCUT2D eigenvalue weighted by Gasteiger charge is -2.36. The smallest absolute Gasteiger partial charge is 0.177 e. The van der Waals surface area contributed by atoms with Crippen molar-refractivity contribution in [2.24, 2.45) is 0 Å². The standard InChI is InChI=1S/C15H13ClN8/c16-12-7-11(8-17)9-18-15(12)23-5-3-22(4-6-23)14-2-1-13-20-19-10-24(13)21-14/h1-2,7,9-10H,3-6H2. The maximum Gasteiger partial charge on any atom is 0.177 e. The third-order valence-corrected chi connectivity index (χ3v) is 4.28. The van der Waals surface area contributed by atoms with Crippen LogP contribution >= 0.6 is 11.6 Å². The molecule has 0 amide bonds. The third kappa shape index (κ3) is 2.59. The second-order valence-corrected chi connectivity index (χ2v) is 5.85. The Morgan fingerprint density at radius 1 is 1.12 bits per heavy atom. The highest BCUT2D eigenvalue weighted by atomic mass is 35.5. The molecule has 0 N–H and O–H groups in total. The number of fused-ring (bicyclic) bond motifs is 1. The van der Waals surface area contributed by atoms with Crippen molar-refractivity contribution in [3.8, 4) is 6.07 Å². The van der Waals surface area contributed by atoms with E-state index in [0.717, 1.165) is 43.5 Å². The minimum absolute atomic E-state index is 0.467. The second-order valence-electron chi connectivity index (χ2n) is 5.44. The van der Waals surface area contributed by atoms with E-state index in [2.05, 4.69) is 30.1 Å². The van der Waals surface area contributed by atoms with Gasteiger partial charge in [-0.3, -0.25) is 0 Å². The number of pyridine rings is 1. The van der Waals surface area contributed by atoms with Crippen LogP contribution in [-0.2, 0) is 0 Å². The number of hydrogen-bond acceptors (Lipinski definition) is 7. The molecule has 4 heterocycles. The highest BCUT2D eigenvalue weighted by molar-refractivity contribution is 6.33. The summed E-state index contributed by atoms with van der Waals surface area (Å²) >= 11 is 6.25. The molecule has 1 saturated heterocycles. The second kappa shape index (κ2) is 5.94. The van der Waals surface area contributed by atoms with Crippen LogP contribution in [0.4, 0.5) is 11.6 Å². The van der Waals surface area contributed by atoms with Crippen molar-refractivity contribution in [2.45, 2.75) is 0 Å². The normalized spacial score (nSPS) is 14.8. The summed E-state index contributed by atoms with van der Waals surface area (Å²) in [5.74, 6) is 1.61. The van der Waals surface area contributed by atoms with E-state index in [-0.39, 0.29) is 0 Å². The van der Waals surface area contributed by atoms with Gasteiger partial charge in [-0.25, -0.2) is 4.98 Å². The van der Waals surface area contributed by atoms with Crippen molar-refractivity contribution in [1.82, 2.24) is 24.8 Å². The van der Waals surface area contributed by atoms with E-state index in [0.29, 0.717) is 10.6 Å². The van der Waals surface area contributed by atoms with Crippen LogP contribution in [-0.4, -0.2) is 51.0 Å². The molecule has 0 radical (unpaired) electrons. The number of piperazine rings is 1. The zero-order valence-electron chi connectivity index (χ0n) is 12.7. The molecule has 3 aromatic heterocycles. The van der Waals surface area contributed by atoms with Gasteiger partial charge in [-0.15, -0.1) is 15.3 Å². The van der Waals surface area contributed by atoms with Gasteiger partial charge in [0.2, 0.25) is 0 Å². The lowest BCUT2D eigenvalue weighted by molar-refractivity contribution is 0.636. The van der Waals surface area contributed by atoms with Crippen molar-refractivity contribution in [3.63, 3.8) is 0 Å². The third-order valence-electron chi connectivity index (χ3n) is 4.00. The molecule has 1 aliphatic rings. The number of aromatic nitrogens is 5. The number of nitriles is 1. The Hall–Kier alpha value is -2.92. The quantitative estimate of drug-likeness (QED) is 0.696. The topological polar surface area (TPSA) is 86.2 Å². The molecule has 0 aliphatic carbocycles. The molecule has 4 rings (SSSR count). The van der Waals surface area contributed by atoms with Crippen molar-refractivity contribution in [3.05, 3.63) is 41.3 Å². The maximum absolute atomic E-state index is 8.90. The molecule has 0 saturated carbocycles. The van der Waals surface area contributed by atoms with E-state index in [1.807, 2.05) is 18.2 Å². The summed E-state index contributed by atoms with van der Waals surface area (Å²) in [4.78, 5) is 8.65. The SMILES string of the molecule is N#Cc1cnc(N2CCN(c3ccc4nncn4n3)CC2)c(Cl)c1. The van der Waals surface area contributed by atoms with Gasteiger partial charge in [0.15, 0.2) is 5.65 Å². The van der Waals surface area contributed by atoms with Crippen LogP contribution in [0, 0.1) is 11.3 Å².